The largest absolute Gasteiger partial charge is 0.388 e. The number of hydrogen-bond acceptors (Lipinski definition) is 2. The van der Waals surface area contributed by atoms with Crippen LogP contribution in [0.5, 0.6) is 0 Å². The van der Waals surface area contributed by atoms with Crippen molar-refractivity contribution in [2.75, 3.05) is 0 Å². The minimum absolute atomic E-state index is 0.420. The zero-order valence-electron chi connectivity index (χ0n) is 11.4. The van der Waals surface area contributed by atoms with Crippen LogP contribution in [0.15, 0.2) is 42.5 Å². The predicted octanol–water partition coefficient (Wildman–Crippen LogP) is 4.16. The smallest absolute Gasteiger partial charge is 0.112 e. The highest BCUT2D eigenvalue weighted by Crippen LogP contribution is 2.27. The molecule has 0 aliphatic heterocycles. The Morgan fingerprint density at radius 3 is 2.62 bits per heavy atom. The lowest BCUT2D eigenvalue weighted by Gasteiger charge is -2.11. The lowest BCUT2D eigenvalue weighted by molar-refractivity contribution is 0.175. The molecule has 1 unspecified atom stereocenters. The Balaban J connectivity index is 1.90. The summed E-state index contributed by atoms with van der Waals surface area (Å²) in [7, 11) is 1.95. The van der Waals surface area contributed by atoms with Gasteiger partial charge in [0.15, 0.2) is 0 Å². The van der Waals surface area contributed by atoms with E-state index >= 15 is 0 Å². The normalized spacial score (nSPS) is 12.8. The molecule has 0 aliphatic carbocycles. The molecular formula is C16H14Cl2N2O. The molecule has 0 saturated carbocycles. The molecule has 0 aliphatic rings. The summed E-state index contributed by atoms with van der Waals surface area (Å²) in [6, 6.07) is 13.1. The minimum Gasteiger partial charge on any atom is -0.388 e. The highest BCUT2D eigenvalue weighted by Gasteiger charge is 2.15. The van der Waals surface area contributed by atoms with Crippen molar-refractivity contribution in [3.05, 3.63) is 63.9 Å². The van der Waals surface area contributed by atoms with Crippen LogP contribution < -0.4 is 0 Å². The molecule has 0 bridgehead atoms. The van der Waals surface area contributed by atoms with E-state index in [-0.39, 0.29) is 0 Å². The molecule has 2 aromatic carbocycles. The molecular weight excluding hydrogens is 307 g/mol. The second kappa shape index (κ2) is 5.68. The predicted molar refractivity (Wildman–Crippen MR) is 85.8 cm³/mol. The molecule has 0 radical (unpaired) electrons. The first-order valence-electron chi connectivity index (χ1n) is 6.59. The number of fused-ring (bicyclic) bond motifs is 1. The van der Waals surface area contributed by atoms with E-state index in [4.69, 9.17) is 23.2 Å². The zero-order valence-corrected chi connectivity index (χ0v) is 12.9. The highest BCUT2D eigenvalue weighted by atomic mass is 35.5. The maximum absolute atomic E-state index is 10.4. The Morgan fingerprint density at radius 2 is 1.90 bits per heavy atom. The van der Waals surface area contributed by atoms with Crippen molar-refractivity contribution in [1.29, 1.82) is 0 Å². The van der Waals surface area contributed by atoms with Crippen molar-refractivity contribution < 1.29 is 5.11 Å². The van der Waals surface area contributed by atoms with Crippen LogP contribution in [0, 0.1) is 0 Å². The van der Waals surface area contributed by atoms with Gasteiger partial charge in [0.05, 0.1) is 27.2 Å². The third kappa shape index (κ3) is 2.77. The monoisotopic (exact) mass is 320 g/mol. The van der Waals surface area contributed by atoms with Gasteiger partial charge in [-0.25, -0.2) is 4.98 Å². The molecule has 0 saturated heterocycles. The fourth-order valence-corrected chi connectivity index (χ4v) is 2.69. The Hall–Kier alpha value is -1.55. The van der Waals surface area contributed by atoms with Gasteiger partial charge in [-0.05, 0) is 29.8 Å². The summed E-state index contributed by atoms with van der Waals surface area (Å²) in [6.45, 7) is 0. The van der Waals surface area contributed by atoms with Gasteiger partial charge in [0.2, 0.25) is 0 Å². The van der Waals surface area contributed by atoms with Crippen LogP contribution in [0.1, 0.15) is 17.5 Å². The third-order valence-electron chi connectivity index (χ3n) is 3.58. The Labute approximate surface area is 132 Å². The molecule has 1 aromatic heterocycles. The number of nitrogens with zero attached hydrogens (tertiary/aromatic N) is 2. The van der Waals surface area contributed by atoms with Gasteiger partial charge in [0.25, 0.3) is 0 Å². The Morgan fingerprint density at radius 1 is 1.14 bits per heavy atom. The maximum Gasteiger partial charge on any atom is 0.112 e. The molecule has 3 nitrogen and oxygen atoms in total. The van der Waals surface area contributed by atoms with E-state index in [0.29, 0.717) is 16.5 Å². The second-order valence-corrected chi connectivity index (χ2v) is 5.78. The van der Waals surface area contributed by atoms with Gasteiger partial charge in [-0.2, -0.15) is 0 Å². The number of aromatic nitrogens is 2. The standard InChI is InChI=1S/C16H14Cl2N2O/c1-20-14-5-3-2-4-13(14)19-16(20)9-15(21)10-6-7-11(17)12(18)8-10/h2-8,15,21H,9H2,1H3. The summed E-state index contributed by atoms with van der Waals surface area (Å²) < 4.78 is 2.00. The molecule has 108 valence electrons. The lowest BCUT2D eigenvalue weighted by atomic mass is 10.1. The van der Waals surface area contributed by atoms with Crippen molar-refractivity contribution in [3.8, 4) is 0 Å². The number of benzene rings is 2. The molecule has 3 aromatic rings. The van der Waals surface area contributed by atoms with Crippen molar-refractivity contribution in [3.63, 3.8) is 0 Å². The summed E-state index contributed by atoms with van der Waals surface area (Å²) in [6.07, 6.45) is -0.251. The van der Waals surface area contributed by atoms with Crippen LogP contribution in [0.25, 0.3) is 11.0 Å². The summed E-state index contributed by atoms with van der Waals surface area (Å²) in [5, 5.41) is 11.3. The summed E-state index contributed by atoms with van der Waals surface area (Å²) in [5.41, 5.74) is 2.71. The number of halogens is 2. The van der Waals surface area contributed by atoms with Gasteiger partial charge in [-0.15, -0.1) is 0 Å². The molecule has 3 rings (SSSR count). The molecule has 1 atom stereocenters. The van der Waals surface area contributed by atoms with Crippen LogP contribution in [0.2, 0.25) is 10.0 Å². The number of aryl methyl sites for hydroxylation is 1. The second-order valence-electron chi connectivity index (χ2n) is 4.97. The third-order valence-corrected chi connectivity index (χ3v) is 4.32. The summed E-state index contributed by atoms with van der Waals surface area (Å²) in [5.74, 6) is 0.828. The minimum atomic E-state index is -0.671. The zero-order chi connectivity index (χ0) is 15.0. The van der Waals surface area contributed by atoms with Crippen molar-refractivity contribution >= 4 is 34.2 Å². The van der Waals surface area contributed by atoms with Crippen LogP contribution in [-0.2, 0) is 13.5 Å². The van der Waals surface area contributed by atoms with Gasteiger partial charge in [-0.1, -0.05) is 41.4 Å². The van der Waals surface area contributed by atoms with E-state index in [0.717, 1.165) is 22.4 Å². The van der Waals surface area contributed by atoms with Crippen molar-refractivity contribution in [2.24, 2.45) is 7.05 Å². The molecule has 0 fully saturated rings. The number of hydrogen-bond donors (Lipinski definition) is 1. The Kier molecular flexibility index (Phi) is 3.89. The van der Waals surface area contributed by atoms with Crippen LogP contribution in [0.3, 0.4) is 0 Å². The van der Waals surface area contributed by atoms with E-state index in [1.54, 1.807) is 18.2 Å². The number of aliphatic hydroxyl groups is 1. The molecule has 0 spiro atoms. The van der Waals surface area contributed by atoms with Crippen molar-refractivity contribution in [2.45, 2.75) is 12.5 Å². The van der Waals surface area contributed by atoms with Gasteiger partial charge >= 0.3 is 0 Å². The van der Waals surface area contributed by atoms with E-state index in [2.05, 4.69) is 4.98 Å². The fourth-order valence-electron chi connectivity index (χ4n) is 2.39. The Bertz CT molecular complexity index is 798. The van der Waals surface area contributed by atoms with Gasteiger partial charge in [0, 0.05) is 13.5 Å². The maximum atomic E-state index is 10.4. The van der Waals surface area contributed by atoms with E-state index in [1.807, 2.05) is 35.9 Å². The van der Waals surface area contributed by atoms with E-state index < -0.39 is 6.10 Å². The average molecular weight is 321 g/mol. The summed E-state index contributed by atoms with van der Waals surface area (Å²) in [4.78, 5) is 4.56. The van der Waals surface area contributed by atoms with Gasteiger partial charge < -0.3 is 9.67 Å². The molecule has 0 amide bonds. The quantitative estimate of drug-likeness (QED) is 0.787. The molecule has 1 heterocycles. The number of rotatable bonds is 3. The van der Waals surface area contributed by atoms with Crippen LogP contribution in [-0.4, -0.2) is 14.7 Å². The number of aliphatic hydroxyl groups excluding tert-OH is 1. The first kappa shape index (κ1) is 14.4. The highest BCUT2D eigenvalue weighted by molar-refractivity contribution is 6.42. The van der Waals surface area contributed by atoms with E-state index in [9.17, 15) is 5.11 Å². The van der Waals surface area contributed by atoms with Crippen LogP contribution >= 0.6 is 23.2 Å². The van der Waals surface area contributed by atoms with Gasteiger partial charge in [-0.3, -0.25) is 0 Å². The summed E-state index contributed by atoms with van der Waals surface area (Å²) >= 11 is 11.9. The molecule has 21 heavy (non-hydrogen) atoms. The SMILES string of the molecule is Cn1c(CC(O)c2ccc(Cl)c(Cl)c2)nc2ccccc21. The number of imidazole rings is 1. The van der Waals surface area contributed by atoms with Gasteiger partial charge in [0.1, 0.15) is 5.82 Å². The number of para-hydroxylation sites is 2. The lowest BCUT2D eigenvalue weighted by Crippen LogP contribution is -2.07. The fraction of sp³-hybridized carbons (Fsp3) is 0.188. The van der Waals surface area contributed by atoms with E-state index in [1.165, 1.54) is 0 Å². The van der Waals surface area contributed by atoms with Crippen molar-refractivity contribution in [1.82, 2.24) is 9.55 Å². The molecule has 5 heteroatoms. The van der Waals surface area contributed by atoms with Crippen LogP contribution in [0.4, 0.5) is 0 Å². The first-order chi connectivity index (χ1) is 10.1. The average Bonchev–Trinajstić information content (AvgIpc) is 2.79. The first-order valence-corrected chi connectivity index (χ1v) is 7.35. The molecule has 1 N–H and O–H groups in total. The topological polar surface area (TPSA) is 38.0 Å².